The van der Waals surface area contributed by atoms with Gasteiger partial charge >= 0.3 is 0 Å². The number of hydrogen-bond donors (Lipinski definition) is 0. The molecule has 0 fully saturated rings. The minimum absolute atomic E-state index is 0.156. The van der Waals surface area contributed by atoms with E-state index < -0.39 is 6.04 Å². The molecule has 0 spiro atoms. The summed E-state index contributed by atoms with van der Waals surface area (Å²) in [5.74, 6) is -0.174. The molecule has 0 aromatic heterocycles. The Balaban J connectivity index is 2.84. The highest BCUT2D eigenvalue weighted by Crippen LogP contribution is 2.27. The lowest BCUT2D eigenvalue weighted by Gasteiger charge is -2.23. The quantitative estimate of drug-likeness (QED) is 0.298. The fraction of sp³-hybridized carbons (Fsp3) is 0.556. The van der Waals surface area contributed by atoms with Crippen LogP contribution in [0.2, 0.25) is 0 Å². The number of hydrogen-bond acceptors (Lipinski definition) is 2. The van der Waals surface area contributed by atoms with Crippen LogP contribution in [-0.4, -0.2) is 16.3 Å². The molecule has 0 aromatic rings. The normalized spacial score (nSPS) is 33.8. The molecule has 72 valence electrons. The van der Waals surface area contributed by atoms with Gasteiger partial charge in [-0.05, 0) is 19.4 Å². The Morgan fingerprint density at radius 1 is 1.69 bits per heavy atom. The zero-order valence-corrected chi connectivity index (χ0v) is 8.15. The zero-order chi connectivity index (χ0) is 9.84. The lowest BCUT2D eigenvalue weighted by atomic mass is 9.89. The first kappa shape index (κ1) is 10.3. The molecule has 0 amide bonds. The van der Waals surface area contributed by atoms with E-state index in [0.717, 1.165) is 0 Å². The first-order valence-corrected chi connectivity index (χ1v) is 4.67. The number of allylic oxidation sites excluding steroid dienone is 2. The SMILES string of the molecule is C/C=C\C1C(Cl)CC=CC1[N+](=O)[O-]. The summed E-state index contributed by atoms with van der Waals surface area (Å²) in [5.41, 5.74) is 0. The lowest BCUT2D eigenvalue weighted by molar-refractivity contribution is -0.516. The van der Waals surface area contributed by atoms with Gasteiger partial charge in [0.25, 0.3) is 0 Å². The highest BCUT2D eigenvalue weighted by Gasteiger charge is 2.34. The average Bonchev–Trinajstić information content (AvgIpc) is 2.08. The number of halogens is 1. The van der Waals surface area contributed by atoms with Crippen molar-refractivity contribution in [2.45, 2.75) is 24.8 Å². The van der Waals surface area contributed by atoms with Gasteiger partial charge in [0.2, 0.25) is 6.04 Å². The minimum atomic E-state index is -0.660. The van der Waals surface area contributed by atoms with E-state index in [1.165, 1.54) is 0 Å². The van der Waals surface area contributed by atoms with E-state index in [1.807, 2.05) is 19.1 Å². The summed E-state index contributed by atoms with van der Waals surface area (Å²) in [7, 11) is 0. The Labute approximate surface area is 82.2 Å². The number of alkyl halides is 1. The molecular formula is C9H12ClNO2. The summed E-state index contributed by atoms with van der Waals surface area (Å²) < 4.78 is 0. The van der Waals surface area contributed by atoms with Crippen molar-refractivity contribution >= 4 is 11.6 Å². The molecule has 0 aliphatic heterocycles. The van der Waals surface area contributed by atoms with Crippen molar-refractivity contribution in [3.63, 3.8) is 0 Å². The molecule has 13 heavy (non-hydrogen) atoms. The van der Waals surface area contributed by atoms with Crippen LogP contribution in [0.5, 0.6) is 0 Å². The second-order valence-electron chi connectivity index (χ2n) is 3.06. The summed E-state index contributed by atoms with van der Waals surface area (Å²) in [5, 5.41) is 10.5. The molecule has 0 aromatic carbocycles. The van der Waals surface area contributed by atoms with Crippen molar-refractivity contribution in [3.05, 3.63) is 34.4 Å². The van der Waals surface area contributed by atoms with Crippen LogP contribution in [0.1, 0.15) is 13.3 Å². The van der Waals surface area contributed by atoms with Gasteiger partial charge in [-0.2, -0.15) is 0 Å². The number of nitro groups is 1. The topological polar surface area (TPSA) is 43.1 Å². The van der Waals surface area contributed by atoms with Gasteiger partial charge in [-0.1, -0.05) is 18.2 Å². The summed E-state index contributed by atoms with van der Waals surface area (Å²) in [4.78, 5) is 10.4. The van der Waals surface area contributed by atoms with Crippen molar-refractivity contribution in [3.8, 4) is 0 Å². The van der Waals surface area contributed by atoms with Crippen LogP contribution in [0.3, 0.4) is 0 Å². The van der Waals surface area contributed by atoms with Crippen molar-refractivity contribution in [1.82, 2.24) is 0 Å². The summed E-state index contributed by atoms with van der Waals surface area (Å²) in [6.45, 7) is 1.85. The standard InChI is InChI=1S/C9H12ClNO2/c1-2-4-7-8(10)5-3-6-9(7)11(12)13/h2-4,6-9H,5H2,1H3/b4-2-. The first-order chi connectivity index (χ1) is 6.16. The van der Waals surface area contributed by atoms with Crippen molar-refractivity contribution < 1.29 is 4.92 Å². The Kier molecular flexibility index (Phi) is 3.48. The molecule has 3 unspecified atom stereocenters. The van der Waals surface area contributed by atoms with Crippen molar-refractivity contribution in [1.29, 1.82) is 0 Å². The van der Waals surface area contributed by atoms with Gasteiger partial charge in [-0.25, -0.2) is 0 Å². The number of rotatable bonds is 2. The predicted octanol–water partition coefficient (Wildman–Crippen LogP) is 2.39. The Morgan fingerprint density at radius 3 is 2.92 bits per heavy atom. The van der Waals surface area contributed by atoms with Crippen molar-refractivity contribution in [2.24, 2.45) is 5.92 Å². The smallest absolute Gasteiger partial charge is 0.238 e. The molecule has 0 radical (unpaired) electrons. The van der Waals surface area contributed by atoms with E-state index in [1.54, 1.807) is 12.2 Å². The van der Waals surface area contributed by atoms with E-state index >= 15 is 0 Å². The van der Waals surface area contributed by atoms with E-state index in [2.05, 4.69) is 0 Å². The van der Waals surface area contributed by atoms with Gasteiger partial charge in [0.15, 0.2) is 0 Å². The summed E-state index contributed by atoms with van der Waals surface area (Å²) in [6, 6.07) is -0.660. The maximum Gasteiger partial charge on any atom is 0.238 e. The second-order valence-corrected chi connectivity index (χ2v) is 3.62. The average molecular weight is 202 g/mol. The van der Waals surface area contributed by atoms with Gasteiger partial charge < -0.3 is 0 Å². The fourth-order valence-electron chi connectivity index (χ4n) is 1.51. The van der Waals surface area contributed by atoms with Crippen LogP contribution >= 0.6 is 11.6 Å². The Bertz CT molecular complexity index is 250. The number of nitrogens with zero attached hydrogens (tertiary/aromatic N) is 1. The highest BCUT2D eigenvalue weighted by molar-refractivity contribution is 6.21. The molecule has 0 bridgehead atoms. The molecule has 4 heteroatoms. The highest BCUT2D eigenvalue weighted by atomic mass is 35.5. The van der Waals surface area contributed by atoms with Crippen LogP contribution < -0.4 is 0 Å². The molecule has 3 nitrogen and oxygen atoms in total. The fourth-order valence-corrected chi connectivity index (χ4v) is 1.85. The van der Waals surface area contributed by atoms with Gasteiger partial charge in [0.1, 0.15) is 0 Å². The van der Waals surface area contributed by atoms with E-state index in [4.69, 9.17) is 11.6 Å². The van der Waals surface area contributed by atoms with Crippen LogP contribution in [0.15, 0.2) is 24.3 Å². The van der Waals surface area contributed by atoms with Gasteiger partial charge in [0, 0.05) is 4.92 Å². The van der Waals surface area contributed by atoms with Crippen LogP contribution in [0.25, 0.3) is 0 Å². The maximum absolute atomic E-state index is 10.6. The third-order valence-electron chi connectivity index (χ3n) is 2.16. The molecular weight excluding hydrogens is 190 g/mol. The molecule has 1 rings (SSSR count). The molecule has 1 aliphatic rings. The Hall–Kier alpha value is -0.830. The maximum atomic E-state index is 10.6. The molecule has 3 atom stereocenters. The van der Waals surface area contributed by atoms with Crippen LogP contribution in [0, 0.1) is 16.0 Å². The molecule has 0 saturated carbocycles. The van der Waals surface area contributed by atoms with Gasteiger partial charge in [-0.3, -0.25) is 10.1 Å². The lowest BCUT2D eigenvalue weighted by Crippen LogP contribution is -2.34. The second kappa shape index (κ2) is 4.42. The van der Waals surface area contributed by atoms with Gasteiger partial charge in [-0.15, -0.1) is 11.6 Å². The predicted molar refractivity (Wildman–Crippen MR) is 52.5 cm³/mol. The minimum Gasteiger partial charge on any atom is -0.264 e. The van der Waals surface area contributed by atoms with E-state index in [0.29, 0.717) is 6.42 Å². The van der Waals surface area contributed by atoms with E-state index in [9.17, 15) is 10.1 Å². The molecule has 1 aliphatic carbocycles. The van der Waals surface area contributed by atoms with Crippen LogP contribution in [0.4, 0.5) is 0 Å². The molecule has 0 heterocycles. The third kappa shape index (κ3) is 2.31. The largest absolute Gasteiger partial charge is 0.264 e. The van der Waals surface area contributed by atoms with Crippen molar-refractivity contribution in [2.75, 3.05) is 0 Å². The van der Waals surface area contributed by atoms with Crippen LogP contribution in [-0.2, 0) is 0 Å². The van der Waals surface area contributed by atoms with Gasteiger partial charge in [0.05, 0.1) is 11.3 Å². The first-order valence-electron chi connectivity index (χ1n) is 4.24. The summed E-state index contributed by atoms with van der Waals surface area (Å²) in [6.07, 6.45) is 7.75. The van der Waals surface area contributed by atoms with E-state index in [-0.39, 0.29) is 16.2 Å². The molecule has 0 N–H and O–H groups in total. The summed E-state index contributed by atoms with van der Waals surface area (Å²) >= 11 is 5.99. The monoisotopic (exact) mass is 201 g/mol. The third-order valence-corrected chi connectivity index (χ3v) is 2.63. The zero-order valence-electron chi connectivity index (χ0n) is 7.39. The Morgan fingerprint density at radius 2 is 2.38 bits per heavy atom. The molecule has 0 saturated heterocycles.